The van der Waals surface area contributed by atoms with Gasteiger partial charge in [0.1, 0.15) is 0 Å². The second-order valence-electron chi connectivity index (χ2n) is 5.61. The molecule has 1 aliphatic heterocycles. The van der Waals surface area contributed by atoms with Crippen molar-refractivity contribution in [1.29, 1.82) is 0 Å². The predicted octanol–water partition coefficient (Wildman–Crippen LogP) is 3.20. The Balaban J connectivity index is 2.17. The second-order valence-corrected chi connectivity index (χ2v) is 5.61. The fraction of sp³-hybridized carbons (Fsp3) is 0.588. The van der Waals surface area contributed by atoms with Crippen LogP contribution in [0, 0.1) is 0 Å². The molecule has 0 aromatic heterocycles. The van der Waals surface area contributed by atoms with Crippen molar-refractivity contribution < 1.29 is 4.79 Å². The van der Waals surface area contributed by atoms with E-state index in [-0.39, 0.29) is 5.91 Å². The molecule has 2 N–H and O–H groups in total. The molecule has 0 saturated heterocycles. The van der Waals surface area contributed by atoms with Gasteiger partial charge in [0, 0.05) is 18.2 Å². The average molecular weight is 274 g/mol. The minimum Gasteiger partial charge on any atom is -0.352 e. The van der Waals surface area contributed by atoms with Gasteiger partial charge in [-0.05, 0) is 43.5 Å². The Morgan fingerprint density at radius 2 is 2.20 bits per heavy atom. The Hall–Kier alpha value is -1.35. The van der Waals surface area contributed by atoms with Gasteiger partial charge in [0.2, 0.25) is 0 Å². The summed E-state index contributed by atoms with van der Waals surface area (Å²) in [6, 6.07) is 6.76. The fourth-order valence-corrected chi connectivity index (χ4v) is 2.89. The van der Waals surface area contributed by atoms with Crippen molar-refractivity contribution in [1.82, 2.24) is 10.6 Å². The molecule has 3 heteroatoms. The number of amides is 1. The van der Waals surface area contributed by atoms with Gasteiger partial charge in [0.05, 0.1) is 0 Å². The highest BCUT2D eigenvalue weighted by atomic mass is 16.1. The lowest BCUT2D eigenvalue weighted by Gasteiger charge is -2.18. The van der Waals surface area contributed by atoms with Crippen LogP contribution in [0.5, 0.6) is 0 Å². The van der Waals surface area contributed by atoms with Crippen LogP contribution in [0.25, 0.3) is 0 Å². The molecular weight excluding hydrogens is 248 g/mol. The van der Waals surface area contributed by atoms with Crippen LogP contribution in [0.3, 0.4) is 0 Å². The molecule has 1 aromatic rings. The van der Waals surface area contributed by atoms with Gasteiger partial charge >= 0.3 is 0 Å². The summed E-state index contributed by atoms with van der Waals surface area (Å²) < 4.78 is 0. The third-order valence-corrected chi connectivity index (χ3v) is 4.13. The van der Waals surface area contributed by atoms with Crippen molar-refractivity contribution in [3.05, 3.63) is 34.9 Å². The van der Waals surface area contributed by atoms with Gasteiger partial charge in [-0.2, -0.15) is 0 Å². The lowest BCUT2D eigenvalue weighted by atomic mass is 9.95. The van der Waals surface area contributed by atoms with E-state index in [1.165, 1.54) is 30.4 Å². The molecule has 0 saturated carbocycles. The van der Waals surface area contributed by atoms with Gasteiger partial charge in [-0.3, -0.25) is 4.79 Å². The number of nitrogens with one attached hydrogen (secondary N) is 2. The fourth-order valence-electron chi connectivity index (χ4n) is 2.89. The molecule has 0 fully saturated rings. The van der Waals surface area contributed by atoms with Gasteiger partial charge in [-0.15, -0.1) is 0 Å². The quantitative estimate of drug-likeness (QED) is 0.782. The van der Waals surface area contributed by atoms with Crippen LogP contribution in [0.15, 0.2) is 18.2 Å². The van der Waals surface area contributed by atoms with Crippen molar-refractivity contribution in [3.8, 4) is 0 Å². The maximum Gasteiger partial charge on any atom is 0.251 e. The highest BCUT2D eigenvalue weighted by Crippen LogP contribution is 2.24. The molecule has 1 unspecified atom stereocenters. The number of carbonyl (C=O) groups is 1. The average Bonchev–Trinajstić information content (AvgIpc) is 2.65. The van der Waals surface area contributed by atoms with E-state index in [1.54, 1.807) is 0 Å². The molecule has 1 aliphatic rings. The monoisotopic (exact) mass is 274 g/mol. The van der Waals surface area contributed by atoms with E-state index in [1.807, 2.05) is 7.05 Å². The van der Waals surface area contributed by atoms with E-state index in [0.717, 1.165) is 31.4 Å². The van der Waals surface area contributed by atoms with E-state index < -0.39 is 0 Å². The van der Waals surface area contributed by atoms with Crippen LogP contribution in [-0.4, -0.2) is 19.5 Å². The van der Waals surface area contributed by atoms with Crippen LogP contribution in [0.1, 0.15) is 66.6 Å². The maximum absolute atomic E-state index is 12.1. The first-order valence-electron chi connectivity index (χ1n) is 7.84. The molecule has 1 atom stereocenters. The molecule has 0 spiro atoms. The SMILES string of the molecule is CCCCCC(NC)c1ccc2c(c1)C(=O)NCCC2. The van der Waals surface area contributed by atoms with E-state index in [0.29, 0.717) is 6.04 Å². The molecular formula is C17H26N2O. The Kier molecular flexibility index (Phi) is 5.60. The smallest absolute Gasteiger partial charge is 0.251 e. The zero-order valence-electron chi connectivity index (χ0n) is 12.7. The first kappa shape index (κ1) is 15.0. The molecule has 1 heterocycles. The van der Waals surface area contributed by atoms with Crippen LogP contribution in [0.2, 0.25) is 0 Å². The highest BCUT2D eigenvalue weighted by molar-refractivity contribution is 5.96. The Labute approximate surface area is 122 Å². The first-order chi connectivity index (χ1) is 9.76. The predicted molar refractivity (Wildman–Crippen MR) is 83.0 cm³/mol. The number of benzene rings is 1. The summed E-state index contributed by atoms with van der Waals surface area (Å²) in [5, 5.41) is 6.36. The van der Waals surface area contributed by atoms with E-state index >= 15 is 0 Å². The van der Waals surface area contributed by atoms with Gasteiger partial charge in [0.15, 0.2) is 0 Å². The summed E-state index contributed by atoms with van der Waals surface area (Å²) in [4.78, 5) is 12.1. The molecule has 0 bridgehead atoms. The van der Waals surface area contributed by atoms with Crippen LogP contribution in [-0.2, 0) is 6.42 Å². The molecule has 2 rings (SSSR count). The van der Waals surface area contributed by atoms with Gasteiger partial charge in [0.25, 0.3) is 5.91 Å². The van der Waals surface area contributed by atoms with Gasteiger partial charge < -0.3 is 10.6 Å². The summed E-state index contributed by atoms with van der Waals surface area (Å²) >= 11 is 0. The zero-order chi connectivity index (χ0) is 14.4. The largest absolute Gasteiger partial charge is 0.352 e. The van der Waals surface area contributed by atoms with E-state index in [9.17, 15) is 4.79 Å². The number of rotatable bonds is 6. The Morgan fingerprint density at radius 3 is 2.95 bits per heavy atom. The Bertz CT molecular complexity index is 456. The van der Waals surface area contributed by atoms with Crippen molar-refractivity contribution >= 4 is 5.91 Å². The minimum atomic E-state index is 0.0859. The van der Waals surface area contributed by atoms with Crippen molar-refractivity contribution in [2.45, 2.75) is 51.5 Å². The van der Waals surface area contributed by atoms with Gasteiger partial charge in [-0.25, -0.2) is 0 Å². The van der Waals surface area contributed by atoms with Gasteiger partial charge in [-0.1, -0.05) is 38.3 Å². The Morgan fingerprint density at radius 1 is 1.35 bits per heavy atom. The van der Waals surface area contributed by atoms with Crippen molar-refractivity contribution in [2.24, 2.45) is 0 Å². The molecule has 0 aliphatic carbocycles. The molecule has 1 amide bonds. The molecule has 0 radical (unpaired) electrons. The van der Waals surface area contributed by atoms with Crippen molar-refractivity contribution in [2.75, 3.05) is 13.6 Å². The third-order valence-electron chi connectivity index (χ3n) is 4.13. The zero-order valence-corrected chi connectivity index (χ0v) is 12.7. The van der Waals surface area contributed by atoms with E-state index in [2.05, 4.69) is 35.8 Å². The molecule has 3 nitrogen and oxygen atoms in total. The summed E-state index contributed by atoms with van der Waals surface area (Å²) in [5.41, 5.74) is 3.29. The molecule has 20 heavy (non-hydrogen) atoms. The third kappa shape index (κ3) is 3.60. The molecule has 1 aromatic carbocycles. The number of hydrogen-bond acceptors (Lipinski definition) is 2. The number of aryl methyl sites for hydroxylation is 1. The topological polar surface area (TPSA) is 41.1 Å². The number of hydrogen-bond donors (Lipinski definition) is 2. The normalized spacial score (nSPS) is 16.2. The summed E-state index contributed by atoms with van der Waals surface area (Å²) in [6.07, 6.45) is 6.89. The maximum atomic E-state index is 12.1. The van der Waals surface area contributed by atoms with E-state index in [4.69, 9.17) is 0 Å². The molecule has 110 valence electrons. The van der Waals surface area contributed by atoms with Crippen molar-refractivity contribution in [3.63, 3.8) is 0 Å². The lowest BCUT2D eigenvalue weighted by Crippen LogP contribution is -2.23. The summed E-state index contributed by atoms with van der Waals surface area (Å²) in [5.74, 6) is 0.0859. The second kappa shape index (κ2) is 7.44. The standard InChI is InChI=1S/C17H26N2O/c1-3-4-5-8-16(18-2)14-10-9-13-7-6-11-19-17(20)15(13)12-14/h9-10,12,16,18H,3-8,11H2,1-2H3,(H,19,20). The number of unbranched alkanes of at least 4 members (excludes halogenated alkanes) is 2. The van der Waals surface area contributed by atoms with Crippen LogP contribution in [0.4, 0.5) is 0 Å². The van der Waals surface area contributed by atoms with Crippen LogP contribution >= 0.6 is 0 Å². The summed E-state index contributed by atoms with van der Waals surface area (Å²) in [6.45, 7) is 3.01. The number of fused-ring (bicyclic) bond motifs is 1. The minimum absolute atomic E-state index is 0.0859. The lowest BCUT2D eigenvalue weighted by molar-refractivity contribution is 0.0956. The first-order valence-corrected chi connectivity index (χ1v) is 7.84. The number of carbonyl (C=O) groups excluding carboxylic acids is 1. The highest BCUT2D eigenvalue weighted by Gasteiger charge is 2.17. The summed E-state index contributed by atoms with van der Waals surface area (Å²) in [7, 11) is 2.00. The van der Waals surface area contributed by atoms with Crippen LogP contribution < -0.4 is 10.6 Å².